The molecule has 120 valence electrons. The van der Waals surface area contributed by atoms with Crippen LogP contribution in [0.5, 0.6) is 0 Å². The number of nitrogens with two attached hydrogens (primary N) is 1. The average molecular weight is 305 g/mol. The normalized spacial score (nSPS) is 16.6. The molecule has 0 saturated carbocycles. The van der Waals surface area contributed by atoms with E-state index >= 15 is 0 Å². The maximum Gasteiger partial charge on any atom is 0.273 e. The molecule has 1 aromatic carbocycles. The van der Waals surface area contributed by atoms with Gasteiger partial charge in [0.15, 0.2) is 0 Å². The molecular weight excluding hydrogens is 282 g/mol. The van der Waals surface area contributed by atoms with Gasteiger partial charge in [-0.2, -0.15) is 0 Å². The lowest BCUT2D eigenvalue weighted by Crippen LogP contribution is -2.42. The first kappa shape index (κ1) is 16.4. The van der Waals surface area contributed by atoms with Gasteiger partial charge in [0.05, 0.1) is 4.92 Å². The van der Waals surface area contributed by atoms with Crippen molar-refractivity contribution in [2.75, 3.05) is 13.1 Å². The minimum atomic E-state index is -0.413. The fraction of sp³-hybridized carbons (Fsp3) is 0.562. The molecule has 0 bridgehead atoms. The fourth-order valence-electron chi connectivity index (χ4n) is 2.74. The van der Waals surface area contributed by atoms with Crippen LogP contribution in [0.3, 0.4) is 0 Å². The maximum atomic E-state index is 12.5. The first-order valence-electron chi connectivity index (χ1n) is 7.54. The quantitative estimate of drug-likeness (QED) is 0.671. The molecule has 1 aliphatic rings. The maximum absolute atomic E-state index is 12.5. The van der Waals surface area contributed by atoms with Crippen molar-refractivity contribution in [2.45, 2.75) is 45.1 Å². The van der Waals surface area contributed by atoms with Gasteiger partial charge < -0.3 is 10.6 Å². The van der Waals surface area contributed by atoms with E-state index in [0.717, 1.165) is 12.8 Å². The Labute approximate surface area is 130 Å². The number of benzene rings is 1. The number of likely N-dealkylation sites (tertiary alicyclic amines) is 1. The van der Waals surface area contributed by atoms with E-state index in [1.54, 1.807) is 17.0 Å². The zero-order valence-corrected chi connectivity index (χ0v) is 13.3. The number of hydrogen-bond donors (Lipinski definition) is 1. The summed E-state index contributed by atoms with van der Waals surface area (Å²) >= 11 is 0. The smallest absolute Gasteiger partial charge is 0.273 e. The van der Waals surface area contributed by atoms with E-state index in [1.165, 1.54) is 6.07 Å². The topological polar surface area (TPSA) is 89.5 Å². The molecule has 1 aromatic rings. The van der Waals surface area contributed by atoms with Crippen LogP contribution in [0.25, 0.3) is 0 Å². The molecule has 0 radical (unpaired) electrons. The average Bonchev–Trinajstić information content (AvgIpc) is 2.45. The van der Waals surface area contributed by atoms with Crippen molar-refractivity contribution in [3.63, 3.8) is 0 Å². The van der Waals surface area contributed by atoms with Gasteiger partial charge in [-0.25, -0.2) is 0 Å². The summed E-state index contributed by atoms with van der Waals surface area (Å²) in [5.41, 5.74) is 6.51. The predicted molar refractivity (Wildman–Crippen MR) is 84.9 cm³/mol. The molecule has 6 nitrogen and oxygen atoms in total. The van der Waals surface area contributed by atoms with Crippen LogP contribution in [-0.4, -0.2) is 34.9 Å². The van der Waals surface area contributed by atoms with Gasteiger partial charge in [-0.05, 0) is 24.3 Å². The van der Waals surface area contributed by atoms with Gasteiger partial charge in [-0.3, -0.25) is 14.9 Å². The second-order valence-electron chi connectivity index (χ2n) is 6.87. The first-order chi connectivity index (χ1) is 10.2. The first-order valence-corrected chi connectivity index (χ1v) is 7.54. The van der Waals surface area contributed by atoms with Crippen LogP contribution in [0.15, 0.2) is 18.2 Å². The van der Waals surface area contributed by atoms with E-state index in [1.807, 2.05) is 20.8 Å². The van der Waals surface area contributed by atoms with Crippen LogP contribution in [-0.2, 0) is 5.41 Å². The van der Waals surface area contributed by atoms with Crippen molar-refractivity contribution in [3.8, 4) is 0 Å². The number of hydrogen-bond acceptors (Lipinski definition) is 4. The Bertz CT molecular complexity index is 585. The van der Waals surface area contributed by atoms with Crippen molar-refractivity contribution < 1.29 is 9.72 Å². The molecule has 1 saturated heterocycles. The summed E-state index contributed by atoms with van der Waals surface area (Å²) in [7, 11) is 0. The van der Waals surface area contributed by atoms with E-state index in [0.29, 0.717) is 24.2 Å². The van der Waals surface area contributed by atoms with Crippen molar-refractivity contribution in [1.82, 2.24) is 4.90 Å². The van der Waals surface area contributed by atoms with Crippen LogP contribution in [0.4, 0.5) is 5.69 Å². The highest BCUT2D eigenvalue weighted by atomic mass is 16.6. The molecule has 1 fully saturated rings. The summed E-state index contributed by atoms with van der Waals surface area (Å²) in [4.78, 5) is 25.1. The van der Waals surface area contributed by atoms with Gasteiger partial charge in [-0.15, -0.1) is 0 Å². The van der Waals surface area contributed by atoms with Crippen molar-refractivity contribution in [3.05, 3.63) is 39.4 Å². The lowest BCUT2D eigenvalue weighted by atomic mass is 9.85. The Morgan fingerprint density at radius 3 is 2.41 bits per heavy atom. The molecule has 1 heterocycles. The summed E-state index contributed by atoms with van der Waals surface area (Å²) in [6.07, 6.45) is 1.54. The minimum absolute atomic E-state index is 0.00654. The summed E-state index contributed by atoms with van der Waals surface area (Å²) in [6.45, 7) is 6.97. The van der Waals surface area contributed by atoms with Crippen molar-refractivity contribution in [2.24, 2.45) is 5.73 Å². The molecule has 0 aliphatic carbocycles. The Hall–Kier alpha value is -1.95. The predicted octanol–water partition coefficient (Wildman–Crippen LogP) is 2.46. The number of carbonyl (C=O) groups is 1. The third-order valence-corrected chi connectivity index (χ3v) is 4.08. The van der Waals surface area contributed by atoms with E-state index in [4.69, 9.17) is 5.73 Å². The highest BCUT2D eigenvalue weighted by Gasteiger charge is 2.28. The number of piperidine rings is 1. The molecule has 2 N–H and O–H groups in total. The second kappa shape index (κ2) is 6.04. The molecular formula is C16H23N3O3. The second-order valence-corrected chi connectivity index (χ2v) is 6.87. The number of nitrogens with zero attached hydrogens (tertiary/aromatic N) is 2. The fourth-order valence-corrected chi connectivity index (χ4v) is 2.74. The van der Waals surface area contributed by atoms with Gasteiger partial charge >= 0.3 is 0 Å². The summed E-state index contributed by atoms with van der Waals surface area (Å²) < 4.78 is 0. The van der Waals surface area contributed by atoms with Gasteiger partial charge in [0.1, 0.15) is 0 Å². The van der Waals surface area contributed by atoms with E-state index in [-0.39, 0.29) is 23.1 Å². The van der Waals surface area contributed by atoms with E-state index in [2.05, 4.69) is 0 Å². The van der Waals surface area contributed by atoms with Crippen LogP contribution < -0.4 is 5.73 Å². The number of nitro benzene ring substituents is 1. The molecule has 0 spiro atoms. The zero-order chi connectivity index (χ0) is 16.5. The third-order valence-electron chi connectivity index (χ3n) is 4.08. The van der Waals surface area contributed by atoms with Crippen LogP contribution in [0, 0.1) is 10.1 Å². The number of rotatable bonds is 2. The van der Waals surface area contributed by atoms with Gasteiger partial charge in [0.2, 0.25) is 0 Å². The Morgan fingerprint density at radius 2 is 1.91 bits per heavy atom. The molecule has 2 rings (SSSR count). The van der Waals surface area contributed by atoms with Gasteiger partial charge in [0, 0.05) is 36.3 Å². The van der Waals surface area contributed by atoms with Crippen LogP contribution in [0.2, 0.25) is 0 Å². The third kappa shape index (κ3) is 3.44. The summed E-state index contributed by atoms with van der Waals surface area (Å²) in [5.74, 6) is -0.157. The Balaban J connectivity index is 2.31. The lowest BCUT2D eigenvalue weighted by molar-refractivity contribution is -0.386. The Morgan fingerprint density at radius 1 is 1.32 bits per heavy atom. The SMILES string of the molecule is CC(C)(C)c1ccc(C(=O)N2CCC(N)CC2)cc1[N+](=O)[O-]. The number of carbonyl (C=O) groups excluding carboxylic acids is 1. The molecule has 0 unspecified atom stereocenters. The summed E-state index contributed by atoms with van der Waals surface area (Å²) in [6, 6.07) is 4.92. The molecule has 22 heavy (non-hydrogen) atoms. The Kier molecular flexibility index (Phi) is 4.51. The van der Waals surface area contributed by atoms with E-state index in [9.17, 15) is 14.9 Å². The molecule has 0 aromatic heterocycles. The minimum Gasteiger partial charge on any atom is -0.339 e. The molecule has 6 heteroatoms. The zero-order valence-electron chi connectivity index (χ0n) is 13.3. The largest absolute Gasteiger partial charge is 0.339 e. The van der Waals surface area contributed by atoms with Gasteiger partial charge in [0.25, 0.3) is 11.6 Å². The molecule has 1 aliphatic heterocycles. The van der Waals surface area contributed by atoms with Crippen LogP contribution >= 0.6 is 0 Å². The van der Waals surface area contributed by atoms with Gasteiger partial charge in [-0.1, -0.05) is 26.8 Å². The lowest BCUT2D eigenvalue weighted by Gasteiger charge is -2.30. The molecule has 1 amide bonds. The monoisotopic (exact) mass is 305 g/mol. The summed E-state index contributed by atoms with van der Waals surface area (Å²) in [5, 5.41) is 11.3. The van der Waals surface area contributed by atoms with Crippen molar-refractivity contribution >= 4 is 11.6 Å². The number of nitro groups is 1. The van der Waals surface area contributed by atoms with E-state index < -0.39 is 4.92 Å². The highest BCUT2D eigenvalue weighted by molar-refractivity contribution is 5.95. The van der Waals surface area contributed by atoms with Crippen molar-refractivity contribution in [1.29, 1.82) is 0 Å². The molecule has 0 atom stereocenters. The highest BCUT2D eigenvalue weighted by Crippen LogP contribution is 2.32. The standard InChI is InChI=1S/C16H23N3O3/c1-16(2,3)13-5-4-11(10-14(13)19(21)22)15(20)18-8-6-12(17)7-9-18/h4-5,10,12H,6-9,17H2,1-3H3. The number of amides is 1. The van der Waals surface area contributed by atoms with Crippen LogP contribution in [0.1, 0.15) is 49.5 Å².